The fourth-order valence-corrected chi connectivity index (χ4v) is 1.76. The average molecular weight is 290 g/mol. The number of nitrogen functional groups attached to an aromatic ring is 1. The zero-order chi connectivity index (χ0) is 15.1. The second-order valence-corrected chi connectivity index (χ2v) is 4.39. The highest BCUT2D eigenvalue weighted by molar-refractivity contribution is 5.92. The van der Waals surface area contributed by atoms with Gasteiger partial charge in [0.25, 0.3) is 0 Å². The number of carbonyl (C=O) groups is 1. The van der Waals surface area contributed by atoms with Crippen molar-refractivity contribution in [3.05, 3.63) is 42.4 Å². The van der Waals surface area contributed by atoms with Crippen molar-refractivity contribution in [3.63, 3.8) is 0 Å². The Morgan fingerprint density at radius 3 is 2.95 bits per heavy atom. The maximum atomic E-state index is 11.8. The summed E-state index contributed by atoms with van der Waals surface area (Å²) in [4.78, 5) is 11.8. The molecule has 0 spiro atoms. The van der Waals surface area contributed by atoms with Crippen LogP contribution in [0, 0.1) is 0 Å². The van der Waals surface area contributed by atoms with Crippen molar-refractivity contribution in [2.75, 3.05) is 24.8 Å². The fraction of sp³-hybridized carbons (Fsp3) is 0.267. The molecule has 1 heterocycles. The highest BCUT2D eigenvalue weighted by Gasteiger charge is 2.08. The maximum Gasteiger partial charge on any atom is 0.226 e. The van der Waals surface area contributed by atoms with Gasteiger partial charge in [-0.1, -0.05) is 0 Å². The number of hydrogen-bond acceptors (Lipinski definition) is 5. The number of benzene rings is 1. The Morgan fingerprint density at radius 1 is 1.38 bits per heavy atom. The topological polar surface area (TPSA) is 86.7 Å². The number of hydrogen-bond donors (Lipinski definition) is 2. The van der Waals surface area contributed by atoms with E-state index in [0.717, 1.165) is 5.76 Å². The molecule has 1 aromatic heterocycles. The first-order valence-corrected chi connectivity index (χ1v) is 6.52. The van der Waals surface area contributed by atoms with Gasteiger partial charge in [-0.25, -0.2) is 0 Å². The average Bonchev–Trinajstić information content (AvgIpc) is 2.99. The van der Waals surface area contributed by atoms with Gasteiger partial charge in [0, 0.05) is 11.8 Å². The first kappa shape index (κ1) is 14.9. The van der Waals surface area contributed by atoms with Crippen LogP contribution in [-0.4, -0.2) is 19.6 Å². The van der Waals surface area contributed by atoms with Crippen LogP contribution in [0.4, 0.5) is 11.4 Å². The number of methoxy groups -OCH3 is 1. The Bertz CT molecular complexity index is 581. The lowest BCUT2D eigenvalue weighted by Gasteiger charge is -2.10. The molecule has 0 saturated heterocycles. The molecule has 0 fully saturated rings. The van der Waals surface area contributed by atoms with E-state index in [0.29, 0.717) is 30.3 Å². The summed E-state index contributed by atoms with van der Waals surface area (Å²) >= 11 is 0. The predicted octanol–water partition coefficient (Wildman–Crippen LogP) is 2.42. The van der Waals surface area contributed by atoms with Crippen LogP contribution in [0.2, 0.25) is 0 Å². The van der Waals surface area contributed by atoms with Gasteiger partial charge in [0.05, 0.1) is 32.1 Å². The minimum absolute atomic E-state index is 0.155. The van der Waals surface area contributed by atoms with E-state index < -0.39 is 0 Å². The lowest BCUT2D eigenvalue weighted by atomic mass is 10.2. The highest BCUT2D eigenvalue weighted by Crippen LogP contribution is 2.26. The molecular formula is C15H18N2O4. The molecule has 6 nitrogen and oxygen atoms in total. The van der Waals surface area contributed by atoms with E-state index >= 15 is 0 Å². The molecular weight excluding hydrogens is 272 g/mol. The van der Waals surface area contributed by atoms with E-state index in [2.05, 4.69) is 5.32 Å². The molecule has 1 aromatic carbocycles. The summed E-state index contributed by atoms with van der Waals surface area (Å²) in [5.41, 5.74) is 6.82. The number of anilines is 2. The van der Waals surface area contributed by atoms with Crippen molar-refractivity contribution in [2.45, 2.75) is 13.0 Å². The van der Waals surface area contributed by atoms with E-state index in [4.69, 9.17) is 19.6 Å². The van der Waals surface area contributed by atoms with Crippen molar-refractivity contribution in [2.24, 2.45) is 0 Å². The van der Waals surface area contributed by atoms with E-state index in [1.807, 2.05) is 6.07 Å². The third-order valence-corrected chi connectivity index (χ3v) is 2.80. The molecule has 1 amide bonds. The molecule has 0 saturated carbocycles. The number of ether oxygens (including phenoxy) is 2. The van der Waals surface area contributed by atoms with Crippen molar-refractivity contribution in [1.29, 1.82) is 0 Å². The molecule has 6 heteroatoms. The first-order chi connectivity index (χ1) is 10.2. The van der Waals surface area contributed by atoms with Crippen LogP contribution in [-0.2, 0) is 16.1 Å². The summed E-state index contributed by atoms with van der Waals surface area (Å²) in [6, 6.07) is 8.67. The molecule has 0 radical (unpaired) electrons. The van der Waals surface area contributed by atoms with Crippen LogP contribution in [0.15, 0.2) is 41.0 Å². The van der Waals surface area contributed by atoms with E-state index in [1.54, 1.807) is 30.5 Å². The Labute approximate surface area is 122 Å². The number of nitrogens with two attached hydrogens (primary N) is 1. The molecule has 0 aliphatic heterocycles. The zero-order valence-electron chi connectivity index (χ0n) is 11.8. The van der Waals surface area contributed by atoms with Crippen molar-refractivity contribution >= 4 is 17.3 Å². The lowest BCUT2D eigenvalue weighted by Crippen LogP contribution is -2.14. The molecule has 0 aliphatic rings. The number of carbonyl (C=O) groups excluding carboxylic acids is 1. The van der Waals surface area contributed by atoms with Gasteiger partial charge < -0.3 is 24.9 Å². The van der Waals surface area contributed by atoms with Gasteiger partial charge in [0.2, 0.25) is 5.91 Å². The predicted molar refractivity (Wildman–Crippen MR) is 79.0 cm³/mol. The highest BCUT2D eigenvalue weighted by atomic mass is 16.5. The van der Waals surface area contributed by atoms with Crippen LogP contribution in [0.25, 0.3) is 0 Å². The van der Waals surface area contributed by atoms with Crippen LogP contribution in [0.3, 0.4) is 0 Å². The van der Waals surface area contributed by atoms with Gasteiger partial charge in [-0.3, -0.25) is 4.79 Å². The maximum absolute atomic E-state index is 11.8. The summed E-state index contributed by atoms with van der Waals surface area (Å²) in [6.07, 6.45) is 1.83. The normalized spacial score (nSPS) is 10.3. The van der Waals surface area contributed by atoms with Crippen molar-refractivity contribution in [3.8, 4) is 5.75 Å². The molecule has 0 unspecified atom stereocenters. The molecule has 112 valence electrons. The van der Waals surface area contributed by atoms with E-state index in [9.17, 15) is 4.79 Å². The molecule has 2 aromatic rings. The van der Waals surface area contributed by atoms with E-state index in [1.165, 1.54) is 7.11 Å². The summed E-state index contributed by atoms with van der Waals surface area (Å²) in [7, 11) is 1.52. The number of amides is 1. The van der Waals surface area contributed by atoms with Crippen LogP contribution in [0.5, 0.6) is 5.75 Å². The molecule has 3 N–H and O–H groups in total. The van der Waals surface area contributed by atoms with Gasteiger partial charge in [-0.2, -0.15) is 0 Å². The second kappa shape index (κ2) is 7.35. The quantitative estimate of drug-likeness (QED) is 0.604. The van der Waals surface area contributed by atoms with Gasteiger partial charge in [-0.15, -0.1) is 0 Å². The molecule has 0 atom stereocenters. The summed E-state index contributed by atoms with van der Waals surface area (Å²) in [5.74, 6) is 1.10. The largest absolute Gasteiger partial charge is 0.494 e. The van der Waals surface area contributed by atoms with Crippen LogP contribution >= 0.6 is 0 Å². The Hall–Kier alpha value is -2.47. The lowest BCUT2D eigenvalue weighted by molar-refractivity contribution is -0.117. The third-order valence-electron chi connectivity index (χ3n) is 2.80. The fourth-order valence-electron chi connectivity index (χ4n) is 1.76. The summed E-state index contributed by atoms with van der Waals surface area (Å²) < 4.78 is 15.6. The molecule has 21 heavy (non-hydrogen) atoms. The monoisotopic (exact) mass is 290 g/mol. The Morgan fingerprint density at radius 2 is 2.24 bits per heavy atom. The van der Waals surface area contributed by atoms with Crippen LogP contribution < -0.4 is 15.8 Å². The number of nitrogens with one attached hydrogen (secondary N) is 1. The van der Waals surface area contributed by atoms with Crippen molar-refractivity contribution < 1.29 is 18.7 Å². The summed E-state index contributed by atoms with van der Waals surface area (Å²) in [5, 5.41) is 2.76. The Kier molecular flexibility index (Phi) is 5.22. The minimum Gasteiger partial charge on any atom is -0.494 e. The summed E-state index contributed by atoms with van der Waals surface area (Å²) in [6.45, 7) is 0.662. The minimum atomic E-state index is -0.155. The zero-order valence-corrected chi connectivity index (χ0v) is 11.8. The van der Waals surface area contributed by atoms with Gasteiger partial charge >= 0.3 is 0 Å². The van der Waals surface area contributed by atoms with Gasteiger partial charge in [-0.05, 0) is 24.3 Å². The molecule has 0 bridgehead atoms. The number of furan rings is 1. The Balaban J connectivity index is 1.76. The molecule has 0 aliphatic carbocycles. The number of rotatable bonds is 7. The molecule has 2 rings (SSSR count). The SMILES string of the molecule is COc1cc(N)ccc1NC(=O)CCOCc1ccco1. The van der Waals surface area contributed by atoms with E-state index in [-0.39, 0.29) is 12.3 Å². The standard InChI is InChI=1S/C15H18N2O4/c1-19-14-9-11(16)4-5-13(14)17-15(18)6-8-20-10-12-3-2-7-21-12/h2-5,7,9H,6,8,10,16H2,1H3,(H,17,18). The van der Waals surface area contributed by atoms with Gasteiger partial charge in [0.15, 0.2) is 0 Å². The first-order valence-electron chi connectivity index (χ1n) is 6.52. The second-order valence-electron chi connectivity index (χ2n) is 4.39. The van der Waals surface area contributed by atoms with Crippen LogP contribution in [0.1, 0.15) is 12.2 Å². The third kappa shape index (κ3) is 4.54. The van der Waals surface area contributed by atoms with Gasteiger partial charge in [0.1, 0.15) is 18.1 Å². The van der Waals surface area contributed by atoms with Crippen molar-refractivity contribution in [1.82, 2.24) is 0 Å². The smallest absolute Gasteiger partial charge is 0.226 e.